The monoisotopic (exact) mass is 540 g/mol. The molecular weight excluding hydrogens is 517 g/mol. The fourth-order valence-corrected chi connectivity index (χ4v) is 4.66. The zero-order valence-corrected chi connectivity index (χ0v) is 21.5. The molecule has 0 bridgehead atoms. The molecule has 0 spiro atoms. The van der Waals surface area contributed by atoms with Crippen molar-refractivity contribution in [3.63, 3.8) is 0 Å². The van der Waals surface area contributed by atoms with E-state index in [0.29, 0.717) is 11.3 Å². The fourth-order valence-electron chi connectivity index (χ4n) is 3.79. The first-order valence-corrected chi connectivity index (χ1v) is 13.1. The standard InChI is InChI=1S/C25H24ClF3N2O4S/c1-14(2)31-13-21(24(33)30-12-16-5-7-20(8-6-16)36(4,34)35)23(32)22(15(31)3)17-9-18(25(27,28)29)11-19(26)10-17/h5-11,13-14H,12H2,1-4H3,(H,30,33). The van der Waals surface area contributed by atoms with Gasteiger partial charge < -0.3 is 9.88 Å². The summed E-state index contributed by atoms with van der Waals surface area (Å²) in [5, 5.41) is 2.43. The molecule has 0 aliphatic carbocycles. The summed E-state index contributed by atoms with van der Waals surface area (Å²) in [5.41, 5.74) is -1.10. The van der Waals surface area contributed by atoms with Crippen molar-refractivity contribution in [1.29, 1.82) is 0 Å². The summed E-state index contributed by atoms with van der Waals surface area (Å²) in [7, 11) is -3.37. The number of carbonyl (C=O) groups excluding carboxylic acids is 1. The van der Waals surface area contributed by atoms with Gasteiger partial charge in [0.2, 0.25) is 5.43 Å². The van der Waals surface area contributed by atoms with Gasteiger partial charge in [0.05, 0.1) is 10.5 Å². The number of nitrogens with zero attached hydrogens (tertiary/aromatic N) is 1. The third-order valence-electron chi connectivity index (χ3n) is 5.61. The Hall–Kier alpha value is -3.11. The largest absolute Gasteiger partial charge is 0.416 e. The Kier molecular flexibility index (Phi) is 7.71. The summed E-state index contributed by atoms with van der Waals surface area (Å²) in [5.74, 6) is -0.721. The van der Waals surface area contributed by atoms with Crippen LogP contribution >= 0.6 is 11.6 Å². The normalized spacial score (nSPS) is 12.1. The lowest BCUT2D eigenvalue weighted by Gasteiger charge is -2.20. The van der Waals surface area contributed by atoms with Crippen LogP contribution in [0, 0.1) is 6.92 Å². The van der Waals surface area contributed by atoms with Crippen molar-refractivity contribution in [3.05, 3.63) is 86.3 Å². The molecule has 1 N–H and O–H groups in total. The SMILES string of the molecule is Cc1c(-c2cc(Cl)cc(C(F)(F)F)c2)c(=O)c(C(=O)NCc2ccc(S(C)(=O)=O)cc2)cn1C(C)C. The Balaban J connectivity index is 2.04. The van der Waals surface area contributed by atoms with E-state index in [1.54, 1.807) is 11.5 Å². The molecular formula is C25H24ClF3N2O4S. The van der Waals surface area contributed by atoms with Crippen LogP contribution in [0.1, 0.15) is 47.1 Å². The number of hydrogen-bond donors (Lipinski definition) is 1. The van der Waals surface area contributed by atoms with Crippen LogP contribution in [0.15, 0.2) is 58.4 Å². The molecule has 36 heavy (non-hydrogen) atoms. The number of rotatable bonds is 6. The van der Waals surface area contributed by atoms with Gasteiger partial charge in [-0.15, -0.1) is 0 Å². The van der Waals surface area contributed by atoms with Gasteiger partial charge in [0.25, 0.3) is 5.91 Å². The number of carbonyl (C=O) groups is 1. The lowest BCUT2D eigenvalue weighted by atomic mass is 9.98. The Morgan fingerprint density at radius 1 is 1.11 bits per heavy atom. The van der Waals surface area contributed by atoms with Crippen LogP contribution in [0.5, 0.6) is 0 Å². The van der Waals surface area contributed by atoms with E-state index in [4.69, 9.17) is 11.6 Å². The minimum absolute atomic E-state index is 0.00257. The van der Waals surface area contributed by atoms with Crippen LogP contribution in [0.25, 0.3) is 11.1 Å². The van der Waals surface area contributed by atoms with Crippen molar-refractivity contribution >= 4 is 27.3 Å². The fraction of sp³-hybridized carbons (Fsp3) is 0.280. The second-order valence-electron chi connectivity index (χ2n) is 8.66. The molecule has 0 unspecified atom stereocenters. The van der Waals surface area contributed by atoms with Gasteiger partial charge in [0.15, 0.2) is 9.84 Å². The van der Waals surface area contributed by atoms with Gasteiger partial charge in [-0.2, -0.15) is 13.2 Å². The lowest BCUT2D eigenvalue weighted by molar-refractivity contribution is -0.137. The quantitative estimate of drug-likeness (QED) is 0.453. The molecule has 0 fully saturated rings. The van der Waals surface area contributed by atoms with Crippen molar-refractivity contribution in [2.45, 2.75) is 44.4 Å². The number of halogens is 4. The molecule has 11 heteroatoms. The predicted octanol–water partition coefficient (Wildman–Crippen LogP) is 5.41. The maximum absolute atomic E-state index is 13.4. The highest BCUT2D eigenvalue weighted by molar-refractivity contribution is 7.90. The second kappa shape index (κ2) is 10.1. The number of pyridine rings is 1. The first kappa shape index (κ1) is 27.5. The predicted molar refractivity (Wildman–Crippen MR) is 132 cm³/mol. The van der Waals surface area contributed by atoms with E-state index in [9.17, 15) is 31.2 Å². The van der Waals surface area contributed by atoms with E-state index < -0.39 is 32.9 Å². The minimum atomic E-state index is -4.67. The summed E-state index contributed by atoms with van der Waals surface area (Å²) in [6.07, 6.45) is -2.22. The van der Waals surface area contributed by atoms with Crippen LogP contribution in [-0.2, 0) is 22.6 Å². The zero-order chi connectivity index (χ0) is 27.0. The molecule has 1 heterocycles. The molecule has 0 saturated carbocycles. The van der Waals surface area contributed by atoms with Gasteiger partial charge in [-0.25, -0.2) is 8.42 Å². The Morgan fingerprint density at radius 3 is 2.25 bits per heavy atom. The highest BCUT2D eigenvalue weighted by Crippen LogP contribution is 2.35. The molecule has 3 aromatic rings. The molecule has 0 saturated heterocycles. The summed E-state index contributed by atoms with van der Waals surface area (Å²) in [6, 6.07) is 8.55. The van der Waals surface area contributed by atoms with E-state index in [1.165, 1.54) is 36.5 Å². The molecule has 0 radical (unpaired) electrons. The van der Waals surface area contributed by atoms with Gasteiger partial charge in [0.1, 0.15) is 5.56 Å². The van der Waals surface area contributed by atoms with Crippen molar-refractivity contribution < 1.29 is 26.4 Å². The number of hydrogen-bond acceptors (Lipinski definition) is 4. The summed E-state index contributed by atoms with van der Waals surface area (Å²) < 4.78 is 65.0. The highest BCUT2D eigenvalue weighted by Gasteiger charge is 2.32. The summed E-state index contributed by atoms with van der Waals surface area (Å²) >= 11 is 5.95. The lowest BCUT2D eigenvalue weighted by Crippen LogP contribution is -2.31. The number of alkyl halides is 3. The molecule has 2 aromatic carbocycles. The molecule has 0 atom stereocenters. The maximum atomic E-state index is 13.4. The van der Waals surface area contributed by atoms with Crippen molar-refractivity contribution in [2.24, 2.45) is 0 Å². The Labute approximate surface area is 211 Å². The molecule has 1 amide bonds. The summed E-state index contributed by atoms with van der Waals surface area (Å²) in [4.78, 5) is 26.5. The topological polar surface area (TPSA) is 85.2 Å². The van der Waals surface area contributed by atoms with Crippen LogP contribution in [-0.4, -0.2) is 25.1 Å². The molecule has 0 aliphatic rings. The number of benzene rings is 2. The smallest absolute Gasteiger partial charge is 0.348 e. The molecule has 1 aromatic heterocycles. The van der Waals surface area contributed by atoms with Gasteiger partial charge in [-0.1, -0.05) is 23.7 Å². The van der Waals surface area contributed by atoms with Gasteiger partial charge in [0, 0.05) is 41.3 Å². The molecule has 0 aliphatic heterocycles. The number of aromatic nitrogens is 1. The number of amides is 1. The average Bonchev–Trinajstić information content (AvgIpc) is 2.76. The van der Waals surface area contributed by atoms with E-state index in [1.807, 2.05) is 13.8 Å². The van der Waals surface area contributed by atoms with E-state index in [-0.39, 0.29) is 39.2 Å². The van der Waals surface area contributed by atoms with Crippen LogP contribution < -0.4 is 10.7 Å². The average molecular weight is 541 g/mol. The first-order valence-electron chi connectivity index (χ1n) is 10.8. The van der Waals surface area contributed by atoms with E-state index in [0.717, 1.165) is 18.4 Å². The Morgan fingerprint density at radius 2 is 1.72 bits per heavy atom. The molecule has 192 valence electrons. The number of nitrogens with one attached hydrogen (secondary N) is 1. The van der Waals surface area contributed by atoms with Crippen LogP contribution in [0.4, 0.5) is 13.2 Å². The van der Waals surface area contributed by atoms with Gasteiger partial charge >= 0.3 is 6.18 Å². The van der Waals surface area contributed by atoms with Gasteiger partial charge in [-0.3, -0.25) is 9.59 Å². The van der Waals surface area contributed by atoms with Gasteiger partial charge in [-0.05, 0) is 62.2 Å². The third-order valence-corrected chi connectivity index (χ3v) is 6.95. The Bertz CT molecular complexity index is 1480. The third kappa shape index (κ3) is 5.99. The zero-order valence-electron chi connectivity index (χ0n) is 19.9. The van der Waals surface area contributed by atoms with Crippen LogP contribution in [0.2, 0.25) is 5.02 Å². The summed E-state index contributed by atoms with van der Waals surface area (Å²) in [6.45, 7) is 5.22. The van der Waals surface area contributed by atoms with Crippen molar-refractivity contribution in [3.8, 4) is 11.1 Å². The second-order valence-corrected chi connectivity index (χ2v) is 11.1. The van der Waals surface area contributed by atoms with Crippen molar-refractivity contribution in [2.75, 3.05) is 6.26 Å². The minimum Gasteiger partial charge on any atom is -0.348 e. The highest BCUT2D eigenvalue weighted by atomic mass is 35.5. The van der Waals surface area contributed by atoms with E-state index in [2.05, 4.69) is 5.32 Å². The number of sulfone groups is 1. The van der Waals surface area contributed by atoms with Crippen molar-refractivity contribution in [1.82, 2.24) is 9.88 Å². The molecule has 3 rings (SSSR count). The van der Waals surface area contributed by atoms with E-state index >= 15 is 0 Å². The van der Waals surface area contributed by atoms with Crippen LogP contribution in [0.3, 0.4) is 0 Å². The molecule has 6 nitrogen and oxygen atoms in total. The maximum Gasteiger partial charge on any atom is 0.416 e. The first-order chi connectivity index (χ1) is 16.6.